The Kier molecular flexibility index (Phi) is 12.5. The van der Waals surface area contributed by atoms with Gasteiger partial charge in [0.25, 0.3) is 0 Å². The number of carboxylic acids is 1. The van der Waals surface area contributed by atoms with Gasteiger partial charge < -0.3 is 10.4 Å². The summed E-state index contributed by atoms with van der Waals surface area (Å²) < 4.78 is 38.9. The van der Waals surface area contributed by atoms with Crippen LogP contribution in [-0.4, -0.2) is 28.8 Å². The van der Waals surface area contributed by atoms with Crippen LogP contribution >= 0.6 is 0 Å². The minimum Gasteiger partial charge on any atom is -0.480 e. The molecule has 0 saturated heterocycles. The summed E-state index contributed by atoms with van der Waals surface area (Å²) >= 11 is 0. The van der Waals surface area contributed by atoms with Crippen molar-refractivity contribution in [2.24, 2.45) is 5.41 Å². The lowest BCUT2D eigenvalue weighted by molar-refractivity contribution is -0.142. The third-order valence-electron chi connectivity index (χ3n) is 6.16. The first kappa shape index (κ1) is 30.7. The molecule has 8 heteroatoms. The highest BCUT2D eigenvalue weighted by molar-refractivity contribution is 5.89. The van der Waals surface area contributed by atoms with E-state index in [4.69, 9.17) is 0 Å². The quantitative estimate of drug-likeness (QED) is 0.257. The van der Waals surface area contributed by atoms with E-state index in [1.54, 1.807) is 20.8 Å². The minimum atomic E-state index is -4.48. The number of Topliss-reactive ketones (excluding diaryl/α,β-unsaturated/α-hetero) is 1. The van der Waals surface area contributed by atoms with Gasteiger partial charge >= 0.3 is 12.1 Å². The fourth-order valence-electron chi connectivity index (χ4n) is 3.84. The van der Waals surface area contributed by atoms with Crippen molar-refractivity contribution in [2.45, 2.75) is 110 Å². The van der Waals surface area contributed by atoms with Crippen LogP contribution in [0.4, 0.5) is 13.2 Å². The predicted octanol–water partition coefficient (Wildman–Crippen LogP) is 6.89. The van der Waals surface area contributed by atoms with Gasteiger partial charge in [-0.3, -0.25) is 9.59 Å². The second-order valence-corrected chi connectivity index (χ2v) is 10.2. The van der Waals surface area contributed by atoms with Crippen LogP contribution in [0, 0.1) is 5.41 Å². The fraction of sp³-hybridized carbons (Fsp3) is 0.667. The number of unbranched alkanes of at least 4 members (excludes halogenated alkanes) is 6. The summed E-state index contributed by atoms with van der Waals surface area (Å²) in [6, 6.07) is 3.20. The molecule has 0 aliphatic rings. The number of aliphatic carboxylic acids is 1. The zero-order chi connectivity index (χ0) is 26.6. The topological polar surface area (TPSA) is 83.5 Å². The van der Waals surface area contributed by atoms with Gasteiger partial charge in [0.05, 0.1) is 11.5 Å². The highest BCUT2D eigenvalue weighted by Crippen LogP contribution is 2.31. The van der Waals surface area contributed by atoms with E-state index in [2.05, 4.69) is 12.2 Å². The summed E-state index contributed by atoms with van der Waals surface area (Å²) in [5.41, 5.74) is -1.01. The summed E-state index contributed by atoms with van der Waals surface area (Å²) in [5.74, 6) is -2.68. The number of rotatable bonds is 15. The summed E-state index contributed by atoms with van der Waals surface area (Å²) in [5, 5.41) is 12.1. The summed E-state index contributed by atoms with van der Waals surface area (Å²) in [6.07, 6.45) is 3.02. The third kappa shape index (κ3) is 11.3. The number of alkyl halides is 3. The first-order valence-electron chi connectivity index (χ1n) is 12.5. The maximum Gasteiger partial charge on any atom is 0.416 e. The SMILES string of the molecule is CCCCCCCCCC(C(=O)N[C@@H](CCC(=O)C(C)(C)C)C(=O)O)c1ccc(C(F)(F)F)cc1. The van der Waals surface area contributed by atoms with Crippen LogP contribution in [0.2, 0.25) is 0 Å². The maximum absolute atomic E-state index is 13.1. The Hall–Kier alpha value is -2.38. The van der Waals surface area contributed by atoms with Gasteiger partial charge in [-0.2, -0.15) is 13.2 Å². The maximum atomic E-state index is 13.1. The molecule has 1 aromatic carbocycles. The molecule has 5 nitrogen and oxygen atoms in total. The van der Waals surface area contributed by atoms with Gasteiger partial charge in [-0.15, -0.1) is 0 Å². The fourth-order valence-corrected chi connectivity index (χ4v) is 3.84. The molecule has 0 aliphatic carbocycles. The van der Waals surface area contributed by atoms with E-state index >= 15 is 0 Å². The van der Waals surface area contributed by atoms with E-state index in [9.17, 15) is 32.7 Å². The number of hydrogen-bond donors (Lipinski definition) is 2. The van der Waals surface area contributed by atoms with E-state index in [0.29, 0.717) is 18.4 Å². The van der Waals surface area contributed by atoms with Crippen LogP contribution in [0.25, 0.3) is 0 Å². The molecule has 0 spiro atoms. The minimum absolute atomic E-state index is 0.00343. The molecule has 1 rings (SSSR count). The molecule has 0 fully saturated rings. The number of ketones is 1. The van der Waals surface area contributed by atoms with Gasteiger partial charge in [0.15, 0.2) is 0 Å². The van der Waals surface area contributed by atoms with Gasteiger partial charge in [0, 0.05) is 11.8 Å². The van der Waals surface area contributed by atoms with Crippen molar-refractivity contribution >= 4 is 17.7 Å². The zero-order valence-corrected chi connectivity index (χ0v) is 21.3. The lowest BCUT2D eigenvalue weighted by Crippen LogP contribution is -2.43. The van der Waals surface area contributed by atoms with Crippen LogP contribution in [0.3, 0.4) is 0 Å². The Morgan fingerprint density at radius 2 is 1.43 bits per heavy atom. The molecular formula is C27H40F3NO4. The molecule has 2 atom stereocenters. The number of carbonyl (C=O) groups is 3. The van der Waals surface area contributed by atoms with Crippen molar-refractivity contribution in [3.63, 3.8) is 0 Å². The van der Waals surface area contributed by atoms with Crippen molar-refractivity contribution < 1.29 is 32.7 Å². The normalized spacial score (nSPS) is 13.8. The van der Waals surface area contributed by atoms with E-state index in [1.807, 2.05) is 0 Å². The smallest absolute Gasteiger partial charge is 0.416 e. The molecule has 2 N–H and O–H groups in total. The van der Waals surface area contributed by atoms with Gasteiger partial charge in [-0.25, -0.2) is 4.79 Å². The molecule has 1 amide bonds. The van der Waals surface area contributed by atoms with Crippen molar-refractivity contribution in [1.82, 2.24) is 5.32 Å². The molecular weight excluding hydrogens is 459 g/mol. The lowest BCUT2D eigenvalue weighted by atomic mass is 9.87. The van der Waals surface area contributed by atoms with Crippen molar-refractivity contribution in [1.29, 1.82) is 0 Å². The van der Waals surface area contributed by atoms with Crippen molar-refractivity contribution in [3.8, 4) is 0 Å². The largest absolute Gasteiger partial charge is 0.480 e. The van der Waals surface area contributed by atoms with Gasteiger partial charge in [-0.1, -0.05) is 84.8 Å². The molecule has 0 aliphatic heterocycles. The molecule has 0 heterocycles. The van der Waals surface area contributed by atoms with Crippen LogP contribution in [0.1, 0.15) is 109 Å². The van der Waals surface area contributed by atoms with E-state index < -0.39 is 41.0 Å². The van der Waals surface area contributed by atoms with Crippen LogP contribution in [0.15, 0.2) is 24.3 Å². The number of nitrogens with one attached hydrogen (secondary N) is 1. The number of amides is 1. The second-order valence-electron chi connectivity index (χ2n) is 10.2. The molecule has 0 aromatic heterocycles. The van der Waals surface area contributed by atoms with Gasteiger partial charge in [0.2, 0.25) is 5.91 Å². The first-order chi connectivity index (χ1) is 16.3. The standard InChI is InChI=1S/C27H40F3NO4/c1-5-6-7-8-9-10-11-12-21(19-13-15-20(16-14-19)27(28,29)30)24(33)31-22(25(34)35)17-18-23(32)26(2,3)4/h13-16,21-22H,5-12,17-18H2,1-4H3,(H,31,33)(H,34,35)/t21?,22-/m0/s1. The van der Waals surface area contributed by atoms with Gasteiger partial charge in [0.1, 0.15) is 11.8 Å². The van der Waals surface area contributed by atoms with Crippen LogP contribution in [-0.2, 0) is 20.6 Å². The highest BCUT2D eigenvalue weighted by atomic mass is 19.4. The van der Waals surface area contributed by atoms with Crippen LogP contribution in [0.5, 0.6) is 0 Å². The Morgan fingerprint density at radius 1 is 0.886 bits per heavy atom. The lowest BCUT2D eigenvalue weighted by Gasteiger charge is -2.22. The number of benzene rings is 1. The molecule has 35 heavy (non-hydrogen) atoms. The first-order valence-corrected chi connectivity index (χ1v) is 12.5. The highest BCUT2D eigenvalue weighted by Gasteiger charge is 2.32. The number of hydrogen-bond acceptors (Lipinski definition) is 3. The number of carbonyl (C=O) groups excluding carboxylic acids is 2. The second kappa shape index (κ2) is 14.2. The average Bonchev–Trinajstić information content (AvgIpc) is 2.76. The predicted molar refractivity (Wildman–Crippen MR) is 130 cm³/mol. The molecule has 1 unspecified atom stereocenters. The van der Waals surface area contributed by atoms with Crippen molar-refractivity contribution in [3.05, 3.63) is 35.4 Å². The number of carboxylic acid groups (broad SMARTS) is 1. The Bertz CT molecular complexity index is 813. The third-order valence-corrected chi connectivity index (χ3v) is 6.16. The Morgan fingerprint density at radius 3 is 1.91 bits per heavy atom. The van der Waals surface area contributed by atoms with E-state index in [1.165, 1.54) is 18.6 Å². The molecule has 0 radical (unpaired) electrons. The summed E-state index contributed by atoms with van der Waals surface area (Å²) in [6.45, 7) is 7.36. The van der Waals surface area contributed by atoms with E-state index in [0.717, 1.165) is 44.2 Å². The zero-order valence-electron chi connectivity index (χ0n) is 21.3. The average molecular weight is 500 g/mol. The number of halogens is 3. The molecule has 0 saturated carbocycles. The van der Waals surface area contributed by atoms with E-state index in [-0.39, 0.29) is 18.6 Å². The monoisotopic (exact) mass is 499 g/mol. The molecule has 1 aromatic rings. The Labute approximate surface area is 206 Å². The van der Waals surface area contributed by atoms with Gasteiger partial charge in [-0.05, 0) is 30.5 Å². The summed E-state index contributed by atoms with van der Waals surface area (Å²) in [4.78, 5) is 37.1. The summed E-state index contributed by atoms with van der Waals surface area (Å²) in [7, 11) is 0. The molecule has 0 bridgehead atoms. The molecule has 198 valence electrons. The van der Waals surface area contributed by atoms with Crippen LogP contribution < -0.4 is 5.32 Å². The van der Waals surface area contributed by atoms with Crippen molar-refractivity contribution in [2.75, 3.05) is 0 Å². The Balaban J connectivity index is 2.93.